The minimum Gasteiger partial charge on any atom is -0.543 e. The van der Waals surface area contributed by atoms with E-state index in [4.69, 9.17) is 4.43 Å². The van der Waals surface area contributed by atoms with Gasteiger partial charge < -0.3 is 9.53 Å². The zero-order valence-electron chi connectivity index (χ0n) is 31.0. The summed E-state index contributed by atoms with van der Waals surface area (Å²) in [5.74, 6) is 1.41. The van der Waals surface area contributed by atoms with Gasteiger partial charge >= 0.3 is 0 Å². The Hall–Kier alpha value is -3.30. The highest BCUT2D eigenvalue weighted by Gasteiger charge is 2.41. The Labute approximate surface area is 285 Å². The molecule has 0 atom stereocenters. The lowest BCUT2D eigenvalue weighted by Crippen LogP contribution is -2.44. The van der Waals surface area contributed by atoms with Crippen LogP contribution in [0.5, 0.6) is 11.5 Å². The fraction of sp³-hybridized carbons (Fsp3) is 0.455. The summed E-state index contributed by atoms with van der Waals surface area (Å²) in [6.07, 6.45) is 8.82. The van der Waals surface area contributed by atoms with Crippen molar-refractivity contribution in [1.82, 2.24) is 0 Å². The van der Waals surface area contributed by atoms with Crippen LogP contribution >= 0.6 is 0 Å². The van der Waals surface area contributed by atoms with Gasteiger partial charge in [0.05, 0.1) is 0 Å². The Morgan fingerprint density at radius 1 is 0.553 bits per heavy atom. The van der Waals surface area contributed by atoms with Crippen molar-refractivity contribution in [2.75, 3.05) is 0 Å². The van der Waals surface area contributed by atoms with Gasteiger partial charge in [-0.3, -0.25) is 0 Å². The third-order valence-corrected chi connectivity index (χ3v) is 15.9. The summed E-state index contributed by atoms with van der Waals surface area (Å²) < 4.78 is 7.27. The molecule has 0 saturated heterocycles. The molecule has 0 amide bonds. The van der Waals surface area contributed by atoms with Crippen LogP contribution in [0.4, 0.5) is 0 Å². The first-order valence-corrected chi connectivity index (χ1v) is 20.9. The van der Waals surface area contributed by atoms with Crippen LogP contribution in [0.2, 0.25) is 18.1 Å². The number of aromatic hydroxyl groups is 1. The van der Waals surface area contributed by atoms with Crippen LogP contribution in [-0.4, -0.2) is 13.4 Å². The van der Waals surface area contributed by atoms with Gasteiger partial charge in [0.2, 0.25) is 0 Å². The quantitative estimate of drug-likeness (QED) is 0.219. The van der Waals surface area contributed by atoms with E-state index in [1.54, 1.807) is 0 Å². The van der Waals surface area contributed by atoms with Gasteiger partial charge in [-0.25, -0.2) is 0 Å². The van der Waals surface area contributed by atoms with E-state index in [2.05, 4.69) is 112 Å². The van der Waals surface area contributed by atoms with Crippen molar-refractivity contribution in [2.45, 2.75) is 132 Å². The van der Waals surface area contributed by atoms with Crippen LogP contribution in [0, 0.1) is 41.5 Å². The minimum absolute atomic E-state index is 0.0628. The summed E-state index contributed by atoms with van der Waals surface area (Å²) in [5.41, 5.74) is 20.1. The second-order valence-electron chi connectivity index (χ2n) is 16.3. The van der Waals surface area contributed by atoms with Gasteiger partial charge in [0.25, 0.3) is 8.32 Å². The standard InChI is InChI=1S/C44H56O2Si/c1-26-22-28(3)37(29(4)23-26)40-34-18-14-15-19-35(34)41(43(45)42(40)38-30(5)24-27(2)25-31(38)6)39-33-17-13-12-16-32(33)20-21-36(39)46-47(10,11)44(7,8)9/h20-25,45H,12-19H2,1-11H3. The average Bonchev–Trinajstić information content (AvgIpc) is 2.97. The maximum Gasteiger partial charge on any atom is 0.250 e. The zero-order chi connectivity index (χ0) is 34.0. The molecule has 2 nitrogen and oxygen atoms in total. The number of fused-ring (bicyclic) bond motifs is 2. The molecule has 2 aliphatic rings. The number of phenolic OH excluding ortho intramolecular Hbond substituents is 1. The first-order valence-electron chi connectivity index (χ1n) is 18.0. The second-order valence-corrected chi connectivity index (χ2v) is 21.1. The minimum atomic E-state index is -2.18. The summed E-state index contributed by atoms with van der Waals surface area (Å²) in [5, 5.41) is 13.3. The number of phenols is 1. The van der Waals surface area contributed by atoms with E-state index in [0.717, 1.165) is 49.0 Å². The topological polar surface area (TPSA) is 29.5 Å². The molecule has 0 saturated carbocycles. The van der Waals surface area contributed by atoms with Gasteiger partial charge in [-0.2, -0.15) is 0 Å². The fourth-order valence-electron chi connectivity index (χ4n) is 8.53. The molecule has 0 aliphatic heterocycles. The van der Waals surface area contributed by atoms with Crippen LogP contribution in [0.3, 0.4) is 0 Å². The van der Waals surface area contributed by atoms with E-state index < -0.39 is 8.32 Å². The van der Waals surface area contributed by atoms with Gasteiger partial charge in [-0.1, -0.05) is 62.2 Å². The smallest absolute Gasteiger partial charge is 0.250 e. The maximum atomic E-state index is 13.2. The Kier molecular flexibility index (Phi) is 8.79. The molecule has 0 heterocycles. The first-order chi connectivity index (χ1) is 22.1. The predicted molar refractivity (Wildman–Crippen MR) is 204 cm³/mol. The first kappa shape index (κ1) is 33.6. The molecular formula is C44H56O2Si. The van der Waals surface area contributed by atoms with Gasteiger partial charge in [0.1, 0.15) is 11.5 Å². The normalized spacial score (nSPS) is 15.0. The van der Waals surface area contributed by atoms with Crippen LogP contribution in [0.15, 0.2) is 36.4 Å². The van der Waals surface area contributed by atoms with Crippen molar-refractivity contribution < 1.29 is 9.53 Å². The maximum absolute atomic E-state index is 13.2. The highest BCUT2D eigenvalue weighted by atomic mass is 28.4. The number of rotatable bonds is 5. The monoisotopic (exact) mass is 644 g/mol. The van der Waals surface area contributed by atoms with Crippen molar-refractivity contribution >= 4 is 8.32 Å². The summed E-state index contributed by atoms with van der Waals surface area (Å²) >= 11 is 0. The Balaban J connectivity index is 1.81. The highest BCUT2D eigenvalue weighted by Crippen LogP contribution is 2.56. The Morgan fingerprint density at radius 2 is 1.00 bits per heavy atom. The summed E-state index contributed by atoms with van der Waals surface area (Å²) in [6, 6.07) is 13.8. The number of benzene rings is 4. The second kappa shape index (κ2) is 12.3. The van der Waals surface area contributed by atoms with Crippen LogP contribution in [-0.2, 0) is 25.7 Å². The zero-order valence-corrected chi connectivity index (χ0v) is 32.0. The molecule has 248 valence electrons. The van der Waals surface area contributed by atoms with Gasteiger partial charge in [-0.15, -0.1) is 0 Å². The van der Waals surface area contributed by atoms with Crippen molar-refractivity contribution in [3.8, 4) is 44.9 Å². The molecule has 6 rings (SSSR count). The van der Waals surface area contributed by atoms with Crippen LogP contribution in [0.25, 0.3) is 33.4 Å². The van der Waals surface area contributed by atoms with E-state index in [1.807, 2.05) is 0 Å². The fourth-order valence-corrected chi connectivity index (χ4v) is 9.55. The molecule has 4 aromatic rings. The predicted octanol–water partition coefficient (Wildman–Crippen LogP) is 12.4. The highest BCUT2D eigenvalue weighted by molar-refractivity contribution is 6.74. The molecular weight excluding hydrogens is 589 g/mol. The lowest BCUT2D eigenvalue weighted by molar-refractivity contribution is 0.474. The molecule has 0 aromatic heterocycles. The van der Waals surface area contributed by atoms with E-state index >= 15 is 0 Å². The van der Waals surface area contributed by atoms with Crippen molar-refractivity contribution in [1.29, 1.82) is 0 Å². The summed E-state index contributed by atoms with van der Waals surface area (Å²) in [6.45, 7) is 25.0. The third kappa shape index (κ3) is 5.88. The molecule has 0 bridgehead atoms. The van der Waals surface area contributed by atoms with Crippen LogP contribution < -0.4 is 4.43 Å². The van der Waals surface area contributed by atoms with E-state index in [0.29, 0.717) is 5.75 Å². The lowest BCUT2D eigenvalue weighted by atomic mass is 9.73. The lowest BCUT2D eigenvalue weighted by Gasteiger charge is -2.38. The molecule has 2 aliphatic carbocycles. The molecule has 3 heteroatoms. The molecule has 1 N–H and O–H groups in total. The molecule has 0 fully saturated rings. The van der Waals surface area contributed by atoms with Crippen molar-refractivity contribution in [2.24, 2.45) is 0 Å². The van der Waals surface area contributed by atoms with Crippen molar-refractivity contribution in [3.05, 3.63) is 92.0 Å². The Bertz CT molecular complexity index is 1840. The summed E-state index contributed by atoms with van der Waals surface area (Å²) in [4.78, 5) is 0. The average molecular weight is 645 g/mol. The molecule has 0 spiro atoms. The SMILES string of the molecule is Cc1cc(C)c(-c2c(O)c(-c3c(O[Si](C)(C)C(C)(C)C)ccc4c3CCCC4)c3c(c2-c2c(C)cc(C)cc2C)CCCC3)c(C)c1. The van der Waals surface area contributed by atoms with E-state index in [1.165, 1.54) is 97.2 Å². The largest absolute Gasteiger partial charge is 0.543 e. The number of aryl methyl sites for hydroxylation is 7. The number of hydrogen-bond donors (Lipinski definition) is 1. The third-order valence-electron chi connectivity index (χ3n) is 11.6. The molecule has 4 aromatic carbocycles. The summed E-state index contributed by atoms with van der Waals surface area (Å²) in [7, 11) is -2.18. The van der Waals surface area contributed by atoms with Crippen molar-refractivity contribution in [3.63, 3.8) is 0 Å². The van der Waals surface area contributed by atoms with Gasteiger partial charge in [0.15, 0.2) is 0 Å². The molecule has 47 heavy (non-hydrogen) atoms. The number of hydrogen-bond acceptors (Lipinski definition) is 2. The van der Waals surface area contributed by atoms with E-state index in [-0.39, 0.29) is 5.04 Å². The molecule has 0 unspecified atom stereocenters. The Morgan fingerprint density at radius 3 is 1.51 bits per heavy atom. The van der Waals surface area contributed by atoms with Gasteiger partial charge in [-0.05, 0) is 178 Å². The van der Waals surface area contributed by atoms with Crippen LogP contribution in [0.1, 0.15) is 102 Å². The molecule has 0 radical (unpaired) electrons. The van der Waals surface area contributed by atoms with E-state index in [9.17, 15) is 5.11 Å². The van der Waals surface area contributed by atoms with Gasteiger partial charge in [0, 0.05) is 16.7 Å².